The smallest absolute Gasteiger partial charge is 0.251 e. The molecule has 0 spiro atoms. The van der Waals surface area contributed by atoms with Gasteiger partial charge in [0.2, 0.25) is 0 Å². The highest BCUT2D eigenvalue weighted by Crippen LogP contribution is 2.27. The van der Waals surface area contributed by atoms with Crippen molar-refractivity contribution < 1.29 is 19.0 Å². The summed E-state index contributed by atoms with van der Waals surface area (Å²) in [4.78, 5) is 21.2. The van der Waals surface area contributed by atoms with E-state index in [4.69, 9.17) is 14.2 Å². The molecule has 0 radical (unpaired) electrons. The van der Waals surface area contributed by atoms with Gasteiger partial charge in [-0.15, -0.1) is 0 Å². The van der Waals surface area contributed by atoms with E-state index in [9.17, 15) is 10.1 Å². The molecule has 2 saturated heterocycles. The molecule has 178 valence electrons. The van der Waals surface area contributed by atoms with Crippen LogP contribution in [0.3, 0.4) is 0 Å². The normalized spacial score (nSPS) is 16.1. The van der Waals surface area contributed by atoms with Crippen LogP contribution in [0.4, 0.5) is 11.5 Å². The molecule has 0 atom stereocenters. The third-order valence-corrected chi connectivity index (χ3v) is 5.87. The van der Waals surface area contributed by atoms with Crippen LogP contribution in [-0.2, 0) is 9.47 Å². The predicted molar refractivity (Wildman–Crippen MR) is 128 cm³/mol. The summed E-state index contributed by atoms with van der Waals surface area (Å²) in [5.74, 6) is 1.53. The minimum atomic E-state index is -0.119. The molecule has 1 amide bonds. The van der Waals surface area contributed by atoms with Gasteiger partial charge in [0.15, 0.2) is 5.82 Å². The van der Waals surface area contributed by atoms with Gasteiger partial charge in [0, 0.05) is 35.9 Å². The first kappa shape index (κ1) is 22.8. The fraction of sp³-hybridized carbons (Fsp3) is 0.308. The Kier molecular flexibility index (Phi) is 6.84. The lowest BCUT2D eigenvalue weighted by Crippen LogP contribution is -2.48. The Hall–Kier alpha value is -4.00. The van der Waals surface area contributed by atoms with Gasteiger partial charge in [-0.05, 0) is 48.5 Å². The van der Waals surface area contributed by atoms with Crippen molar-refractivity contribution in [3.63, 3.8) is 0 Å². The van der Waals surface area contributed by atoms with Crippen molar-refractivity contribution in [2.75, 3.05) is 31.7 Å². The Morgan fingerprint density at radius 3 is 2.57 bits per heavy atom. The minimum absolute atomic E-state index is 0.0511. The molecule has 3 heterocycles. The fourth-order valence-corrected chi connectivity index (χ4v) is 3.84. The van der Waals surface area contributed by atoms with Gasteiger partial charge in [-0.2, -0.15) is 5.26 Å². The summed E-state index contributed by atoms with van der Waals surface area (Å²) in [6.07, 6.45) is 3.33. The summed E-state index contributed by atoms with van der Waals surface area (Å²) in [5.41, 5.74) is 2.53. The van der Waals surface area contributed by atoms with Gasteiger partial charge in [0.1, 0.15) is 23.7 Å². The maximum atomic E-state index is 12.3. The lowest BCUT2D eigenvalue weighted by molar-refractivity contribution is -0.00346. The third-order valence-electron chi connectivity index (χ3n) is 5.87. The zero-order valence-electron chi connectivity index (χ0n) is 19.1. The SMILES string of the molecule is N#Cc1cc(-c2nccc(Nc3ccc(C(=O)NC4COC4)cc3)n2)ccc1OC1CCOCC1. The second-order valence-corrected chi connectivity index (χ2v) is 8.43. The molecule has 0 unspecified atom stereocenters. The van der Waals surface area contributed by atoms with Gasteiger partial charge in [-0.3, -0.25) is 4.79 Å². The highest BCUT2D eigenvalue weighted by Gasteiger charge is 2.21. The Labute approximate surface area is 203 Å². The van der Waals surface area contributed by atoms with E-state index in [0.29, 0.717) is 54.9 Å². The molecule has 2 aliphatic rings. The summed E-state index contributed by atoms with van der Waals surface area (Å²) in [6, 6.07) is 16.6. The number of carbonyl (C=O) groups excluding carboxylic acids is 1. The highest BCUT2D eigenvalue weighted by atomic mass is 16.5. The molecule has 2 aliphatic heterocycles. The quantitative estimate of drug-likeness (QED) is 0.538. The second-order valence-electron chi connectivity index (χ2n) is 8.43. The van der Waals surface area contributed by atoms with Crippen LogP contribution >= 0.6 is 0 Å². The topological polar surface area (TPSA) is 118 Å². The molecule has 0 aliphatic carbocycles. The summed E-state index contributed by atoms with van der Waals surface area (Å²) < 4.78 is 16.5. The molecular formula is C26H25N5O4. The van der Waals surface area contributed by atoms with E-state index >= 15 is 0 Å². The van der Waals surface area contributed by atoms with Crippen molar-refractivity contribution in [3.8, 4) is 23.2 Å². The largest absolute Gasteiger partial charge is 0.489 e. The minimum Gasteiger partial charge on any atom is -0.489 e. The lowest BCUT2D eigenvalue weighted by atomic mass is 10.1. The monoisotopic (exact) mass is 471 g/mol. The number of benzene rings is 2. The number of hydrogen-bond donors (Lipinski definition) is 2. The van der Waals surface area contributed by atoms with Crippen molar-refractivity contribution in [2.45, 2.75) is 25.0 Å². The van der Waals surface area contributed by atoms with E-state index in [1.807, 2.05) is 18.2 Å². The first-order valence-corrected chi connectivity index (χ1v) is 11.6. The molecule has 2 aromatic carbocycles. The Morgan fingerprint density at radius 2 is 1.86 bits per heavy atom. The van der Waals surface area contributed by atoms with Crippen molar-refractivity contribution >= 4 is 17.4 Å². The van der Waals surface area contributed by atoms with Gasteiger partial charge in [-0.25, -0.2) is 9.97 Å². The average Bonchev–Trinajstić information content (AvgIpc) is 2.87. The van der Waals surface area contributed by atoms with Crippen LogP contribution in [0, 0.1) is 11.3 Å². The number of nitrogens with one attached hydrogen (secondary N) is 2. The molecule has 0 saturated carbocycles. The Morgan fingerprint density at radius 1 is 1.06 bits per heavy atom. The standard InChI is InChI=1S/C26H25N5O4/c27-14-19-13-18(3-6-23(19)35-22-8-11-33-12-9-22)25-28-10-7-24(31-25)29-20-4-1-17(2-5-20)26(32)30-21-15-34-16-21/h1-7,10,13,21-22H,8-9,11-12,15-16H2,(H,30,32)(H,28,29,31). The summed E-state index contributed by atoms with van der Waals surface area (Å²) >= 11 is 0. The van der Waals surface area contributed by atoms with Crippen LogP contribution in [-0.4, -0.2) is 54.4 Å². The predicted octanol–water partition coefficient (Wildman–Crippen LogP) is 3.45. The molecule has 5 rings (SSSR count). The molecule has 35 heavy (non-hydrogen) atoms. The molecule has 1 aromatic heterocycles. The number of carbonyl (C=O) groups is 1. The van der Waals surface area contributed by atoms with Gasteiger partial charge in [0.25, 0.3) is 5.91 Å². The first-order chi connectivity index (χ1) is 17.2. The molecule has 9 heteroatoms. The number of hydrogen-bond acceptors (Lipinski definition) is 8. The molecule has 2 N–H and O–H groups in total. The average molecular weight is 472 g/mol. The molecule has 2 fully saturated rings. The molecule has 9 nitrogen and oxygen atoms in total. The van der Waals surface area contributed by atoms with Crippen LogP contribution in [0.2, 0.25) is 0 Å². The van der Waals surface area contributed by atoms with Gasteiger partial charge < -0.3 is 24.8 Å². The van der Waals surface area contributed by atoms with Gasteiger partial charge in [-0.1, -0.05) is 0 Å². The van der Waals surface area contributed by atoms with E-state index in [0.717, 1.165) is 24.1 Å². The third kappa shape index (κ3) is 5.57. The fourth-order valence-electron chi connectivity index (χ4n) is 3.84. The van der Waals surface area contributed by atoms with Crippen LogP contribution in [0.1, 0.15) is 28.8 Å². The van der Waals surface area contributed by atoms with Crippen LogP contribution < -0.4 is 15.4 Å². The number of amides is 1. The first-order valence-electron chi connectivity index (χ1n) is 11.6. The van der Waals surface area contributed by atoms with Crippen molar-refractivity contribution in [3.05, 3.63) is 65.9 Å². The summed E-state index contributed by atoms with van der Waals surface area (Å²) in [6.45, 7) is 2.46. The van der Waals surface area contributed by atoms with E-state index in [1.165, 1.54) is 0 Å². The Balaban J connectivity index is 1.27. The Bertz CT molecular complexity index is 1230. The van der Waals surface area contributed by atoms with Crippen molar-refractivity contribution in [1.82, 2.24) is 15.3 Å². The zero-order chi connectivity index (χ0) is 24.0. The summed E-state index contributed by atoms with van der Waals surface area (Å²) in [5, 5.41) is 15.8. The molecule has 0 bridgehead atoms. The zero-order valence-corrected chi connectivity index (χ0v) is 19.1. The van der Waals surface area contributed by atoms with Crippen molar-refractivity contribution in [1.29, 1.82) is 5.26 Å². The van der Waals surface area contributed by atoms with E-state index in [-0.39, 0.29) is 18.1 Å². The number of rotatable bonds is 7. The number of anilines is 2. The lowest BCUT2D eigenvalue weighted by Gasteiger charge is -2.26. The van der Waals surface area contributed by atoms with Crippen LogP contribution in [0.15, 0.2) is 54.7 Å². The van der Waals surface area contributed by atoms with Crippen LogP contribution in [0.25, 0.3) is 11.4 Å². The number of nitrogens with zero attached hydrogens (tertiary/aromatic N) is 3. The number of ether oxygens (including phenoxy) is 3. The van der Waals surface area contributed by atoms with E-state index in [2.05, 4.69) is 26.7 Å². The van der Waals surface area contributed by atoms with E-state index < -0.39 is 0 Å². The van der Waals surface area contributed by atoms with Gasteiger partial charge >= 0.3 is 0 Å². The highest BCUT2D eigenvalue weighted by molar-refractivity contribution is 5.94. The maximum Gasteiger partial charge on any atom is 0.251 e. The van der Waals surface area contributed by atoms with Gasteiger partial charge in [0.05, 0.1) is 38.0 Å². The van der Waals surface area contributed by atoms with Crippen LogP contribution in [0.5, 0.6) is 5.75 Å². The molecule has 3 aromatic rings. The number of nitriles is 1. The van der Waals surface area contributed by atoms with E-state index in [1.54, 1.807) is 36.5 Å². The second kappa shape index (κ2) is 10.5. The maximum absolute atomic E-state index is 12.3. The molecular weight excluding hydrogens is 446 g/mol. The number of aromatic nitrogens is 2. The van der Waals surface area contributed by atoms with Crippen molar-refractivity contribution in [2.24, 2.45) is 0 Å². The summed E-state index contributed by atoms with van der Waals surface area (Å²) in [7, 11) is 0.